The first-order valence-electron chi connectivity index (χ1n) is 7.92. The number of hydrogen-bond donors (Lipinski definition) is 2. The van der Waals surface area contributed by atoms with Crippen LogP contribution in [0.5, 0.6) is 0 Å². The van der Waals surface area contributed by atoms with Gasteiger partial charge in [-0.2, -0.15) is 8.78 Å². The first-order valence-corrected chi connectivity index (χ1v) is 8.80. The number of nitrogens with one attached hydrogen (secondary N) is 1. The molecule has 0 spiro atoms. The molecule has 1 atom stereocenters. The molecule has 0 saturated heterocycles. The van der Waals surface area contributed by atoms with Gasteiger partial charge in [-0.05, 0) is 43.3 Å². The Morgan fingerprint density at radius 1 is 1.23 bits per heavy atom. The van der Waals surface area contributed by atoms with Crippen LogP contribution < -0.4 is 5.32 Å². The van der Waals surface area contributed by atoms with E-state index in [1.165, 1.54) is 12.1 Å². The Bertz CT molecular complexity index is 910. The minimum Gasteiger partial charge on any atom is -0.385 e. The molecular formula is C18H17F2N3O2S. The number of halogens is 2. The summed E-state index contributed by atoms with van der Waals surface area (Å²) < 4.78 is 26.3. The van der Waals surface area contributed by atoms with Crippen molar-refractivity contribution >= 4 is 34.4 Å². The van der Waals surface area contributed by atoms with E-state index in [0.29, 0.717) is 33.7 Å². The molecule has 0 saturated carbocycles. The molecule has 0 bridgehead atoms. The molecule has 0 fully saturated rings. The highest BCUT2D eigenvalue weighted by atomic mass is 32.2. The number of amides is 1. The van der Waals surface area contributed by atoms with Crippen molar-refractivity contribution in [1.29, 1.82) is 0 Å². The van der Waals surface area contributed by atoms with Gasteiger partial charge in [0.2, 0.25) is 5.91 Å². The molecule has 3 rings (SSSR count). The second kappa shape index (κ2) is 7.84. The van der Waals surface area contributed by atoms with Gasteiger partial charge in [0, 0.05) is 10.6 Å². The molecule has 1 amide bonds. The molecular weight excluding hydrogens is 360 g/mol. The second-order valence-electron chi connectivity index (χ2n) is 5.67. The van der Waals surface area contributed by atoms with E-state index in [2.05, 4.69) is 10.3 Å². The number of carbonyl (C=O) groups excluding carboxylic acids is 1. The van der Waals surface area contributed by atoms with Crippen molar-refractivity contribution < 1.29 is 18.7 Å². The van der Waals surface area contributed by atoms with Crippen LogP contribution in [0.25, 0.3) is 11.0 Å². The predicted molar refractivity (Wildman–Crippen MR) is 97.3 cm³/mol. The zero-order valence-electron chi connectivity index (χ0n) is 13.9. The first kappa shape index (κ1) is 18.3. The largest absolute Gasteiger partial charge is 0.385 e. The van der Waals surface area contributed by atoms with Gasteiger partial charge in [-0.3, -0.25) is 4.79 Å². The van der Waals surface area contributed by atoms with Gasteiger partial charge in [0.1, 0.15) is 18.5 Å². The molecule has 26 heavy (non-hydrogen) atoms. The summed E-state index contributed by atoms with van der Waals surface area (Å²) in [6.07, 6.45) is -0.819. The number of fused-ring (bicyclic) bond motifs is 1. The first-order chi connectivity index (χ1) is 12.4. The highest BCUT2D eigenvalue weighted by Crippen LogP contribution is 2.26. The van der Waals surface area contributed by atoms with E-state index < -0.39 is 11.9 Å². The summed E-state index contributed by atoms with van der Waals surface area (Å²) in [5, 5.41) is 12.7. The van der Waals surface area contributed by atoms with Crippen LogP contribution >= 0.6 is 11.8 Å². The molecule has 1 unspecified atom stereocenters. The minimum absolute atomic E-state index is 0.0196. The van der Waals surface area contributed by atoms with Gasteiger partial charge in [0.25, 0.3) is 5.76 Å². The summed E-state index contributed by atoms with van der Waals surface area (Å²) in [5.74, 6) is -2.38. The Morgan fingerprint density at radius 2 is 1.92 bits per heavy atom. The predicted octanol–water partition coefficient (Wildman–Crippen LogP) is 4.04. The Labute approximate surface area is 153 Å². The van der Waals surface area contributed by atoms with E-state index in [1.54, 1.807) is 23.6 Å². The number of thioether (sulfide) groups is 1. The normalized spacial score (nSPS) is 12.5. The number of para-hydroxylation sites is 2. The summed E-state index contributed by atoms with van der Waals surface area (Å²) in [6, 6.07) is 13.5. The number of aliphatic hydroxyl groups is 1. The van der Waals surface area contributed by atoms with Gasteiger partial charge < -0.3 is 15.0 Å². The van der Waals surface area contributed by atoms with E-state index in [-0.39, 0.29) is 12.5 Å². The number of nitrogens with zero attached hydrogens (tertiary/aromatic N) is 2. The van der Waals surface area contributed by atoms with E-state index in [4.69, 9.17) is 0 Å². The average Bonchev–Trinajstić information content (AvgIpc) is 2.95. The van der Waals surface area contributed by atoms with E-state index in [0.717, 1.165) is 5.52 Å². The van der Waals surface area contributed by atoms with Crippen molar-refractivity contribution in [3.63, 3.8) is 0 Å². The second-order valence-corrected chi connectivity index (χ2v) is 6.74. The maximum atomic E-state index is 12.4. The third-order valence-electron chi connectivity index (χ3n) is 3.72. The molecule has 8 heteroatoms. The molecule has 0 radical (unpaired) electrons. The third kappa shape index (κ3) is 4.20. The Hall–Kier alpha value is -2.45. The lowest BCUT2D eigenvalue weighted by Gasteiger charge is -2.11. The third-order valence-corrected chi connectivity index (χ3v) is 4.45. The number of anilines is 1. The summed E-state index contributed by atoms with van der Waals surface area (Å²) >= 11 is 0.450. The van der Waals surface area contributed by atoms with Gasteiger partial charge in [-0.1, -0.05) is 23.9 Å². The lowest BCUT2D eigenvalue weighted by molar-refractivity contribution is -0.116. The van der Waals surface area contributed by atoms with Gasteiger partial charge in [-0.15, -0.1) is 0 Å². The number of alkyl halides is 2. The number of carbonyl (C=O) groups is 1. The molecule has 136 valence electrons. The van der Waals surface area contributed by atoms with Crippen LogP contribution in [0.1, 0.15) is 18.9 Å². The zero-order chi connectivity index (χ0) is 18.7. The standard InChI is InChI=1S/C18H17F2N3O2S/c1-11(24)17-22-14-4-2-3-5-15(14)23(17)10-16(25)21-12-6-8-13(9-7-12)26-18(19)20/h2-9,11,18,24H,10H2,1H3,(H,21,25). The van der Waals surface area contributed by atoms with Crippen LogP contribution in [0.4, 0.5) is 14.5 Å². The SMILES string of the molecule is CC(O)c1nc2ccccc2n1CC(=O)Nc1ccc(SC(F)F)cc1. The summed E-state index contributed by atoms with van der Waals surface area (Å²) in [7, 11) is 0. The van der Waals surface area contributed by atoms with Crippen LogP contribution in [0, 0.1) is 0 Å². The molecule has 3 aromatic rings. The van der Waals surface area contributed by atoms with Crippen molar-refractivity contribution in [3.05, 3.63) is 54.4 Å². The lowest BCUT2D eigenvalue weighted by atomic mass is 10.3. The van der Waals surface area contributed by atoms with Crippen molar-refractivity contribution in [2.75, 3.05) is 5.32 Å². The van der Waals surface area contributed by atoms with Crippen molar-refractivity contribution in [2.45, 2.75) is 30.2 Å². The lowest BCUT2D eigenvalue weighted by Crippen LogP contribution is -2.20. The molecule has 0 aliphatic heterocycles. The van der Waals surface area contributed by atoms with Crippen molar-refractivity contribution in [3.8, 4) is 0 Å². The number of benzene rings is 2. The van der Waals surface area contributed by atoms with Crippen molar-refractivity contribution in [2.24, 2.45) is 0 Å². The Kier molecular flexibility index (Phi) is 5.53. The fourth-order valence-electron chi connectivity index (χ4n) is 2.64. The highest BCUT2D eigenvalue weighted by molar-refractivity contribution is 7.99. The van der Waals surface area contributed by atoms with Crippen LogP contribution in [0.15, 0.2) is 53.4 Å². The zero-order valence-corrected chi connectivity index (χ0v) is 14.7. The number of aromatic nitrogens is 2. The minimum atomic E-state index is -2.48. The molecule has 5 nitrogen and oxygen atoms in total. The Morgan fingerprint density at radius 3 is 2.58 bits per heavy atom. The molecule has 1 heterocycles. The van der Waals surface area contributed by atoms with Crippen LogP contribution in [-0.4, -0.2) is 26.3 Å². The Balaban J connectivity index is 1.76. The molecule has 0 aliphatic rings. The number of aliphatic hydroxyl groups excluding tert-OH is 1. The molecule has 0 aliphatic carbocycles. The fourth-order valence-corrected chi connectivity index (χ4v) is 3.14. The maximum absolute atomic E-state index is 12.4. The van der Waals surface area contributed by atoms with Gasteiger partial charge in [0.15, 0.2) is 0 Å². The number of hydrogen-bond acceptors (Lipinski definition) is 4. The topological polar surface area (TPSA) is 67.2 Å². The number of rotatable bonds is 6. The van der Waals surface area contributed by atoms with Gasteiger partial charge in [0.05, 0.1) is 11.0 Å². The van der Waals surface area contributed by atoms with Crippen LogP contribution in [-0.2, 0) is 11.3 Å². The van der Waals surface area contributed by atoms with E-state index in [1.807, 2.05) is 24.3 Å². The molecule has 2 aromatic carbocycles. The summed E-state index contributed by atoms with van der Waals surface area (Å²) in [4.78, 5) is 17.2. The smallest absolute Gasteiger partial charge is 0.288 e. The number of imidazole rings is 1. The van der Waals surface area contributed by atoms with Crippen LogP contribution in [0.3, 0.4) is 0 Å². The van der Waals surface area contributed by atoms with Crippen molar-refractivity contribution in [1.82, 2.24) is 9.55 Å². The average molecular weight is 377 g/mol. The van der Waals surface area contributed by atoms with Gasteiger partial charge in [-0.25, -0.2) is 4.98 Å². The molecule has 1 aromatic heterocycles. The maximum Gasteiger partial charge on any atom is 0.288 e. The highest BCUT2D eigenvalue weighted by Gasteiger charge is 2.17. The summed E-state index contributed by atoms with van der Waals surface area (Å²) in [6.45, 7) is 1.57. The fraction of sp³-hybridized carbons (Fsp3) is 0.222. The van der Waals surface area contributed by atoms with E-state index in [9.17, 15) is 18.7 Å². The molecule has 2 N–H and O–H groups in total. The van der Waals surface area contributed by atoms with Crippen LogP contribution in [0.2, 0.25) is 0 Å². The monoisotopic (exact) mass is 377 g/mol. The quantitative estimate of drug-likeness (QED) is 0.636. The summed E-state index contributed by atoms with van der Waals surface area (Å²) in [5.41, 5.74) is 1.96. The van der Waals surface area contributed by atoms with E-state index >= 15 is 0 Å². The van der Waals surface area contributed by atoms with Gasteiger partial charge >= 0.3 is 0 Å².